The molecule has 1 aromatic heterocycles. The Morgan fingerprint density at radius 3 is 1.88 bits per heavy atom. The van der Waals surface area contributed by atoms with E-state index in [4.69, 9.17) is 9.97 Å². The van der Waals surface area contributed by atoms with Crippen LogP contribution in [0.4, 0.5) is 5.82 Å². The lowest BCUT2D eigenvalue weighted by molar-refractivity contribution is 0.726. The van der Waals surface area contributed by atoms with Crippen LogP contribution in [0.1, 0.15) is 25.7 Å². The summed E-state index contributed by atoms with van der Waals surface area (Å²) < 4.78 is 0. The maximum atomic E-state index is 4.91. The van der Waals surface area contributed by atoms with Crippen LogP contribution in [0.2, 0.25) is 0 Å². The summed E-state index contributed by atoms with van der Waals surface area (Å²) in [5, 5.41) is 0. The van der Waals surface area contributed by atoms with Crippen molar-refractivity contribution in [2.24, 2.45) is 0 Å². The van der Waals surface area contributed by atoms with Gasteiger partial charge in [-0.25, -0.2) is 9.97 Å². The molecule has 1 fully saturated rings. The summed E-state index contributed by atoms with van der Waals surface area (Å²) in [6.07, 6.45) is 5.12. The molecule has 0 unspecified atom stereocenters. The number of nitrogens with zero attached hydrogens (tertiary/aromatic N) is 3. The van der Waals surface area contributed by atoms with Crippen LogP contribution in [0.5, 0.6) is 0 Å². The smallest absolute Gasteiger partial charge is 0.162 e. The van der Waals surface area contributed by atoms with E-state index < -0.39 is 0 Å². The zero-order chi connectivity index (χ0) is 16.9. The first kappa shape index (κ1) is 15.8. The average molecular weight is 329 g/mol. The van der Waals surface area contributed by atoms with Gasteiger partial charge < -0.3 is 4.90 Å². The van der Waals surface area contributed by atoms with Crippen LogP contribution in [0.3, 0.4) is 0 Å². The SMILES string of the molecule is c1ccc(-c2cc(N3CCCCCC3)nc(-c3ccccc3)n2)cc1. The van der Waals surface area contributed by atoms with Crippen molar-refractivity contribution in [1.29, 1.82) is 0 Å². The zero-order valence-electron chi connectivity index (χ0n) is 14.4. The molecule has 0 amide bonds. The molecule has 2 heterocycles. The molecule has 1 aliphatic heterocycles. The maximum absolute atomic E-state index is 4.91. The lowest BCUT2D eigenvalue weighted by Gasteiger charge is -2.22. The Morgan fingerprint density at radius 2 is 1.24 bits per heavy atom. The summed E-state index contributed by atoms with van der Waals surface area (Å²) in [5.41, 5.74) is 3.20. The average Bonchev–Trinajstić information content (AvgIpc) is 2.99. The monoisotopic (exact) mass is 329 g/mol. The van der Waals surface area contributed by atoms with Crippen molar-refractivity contribution in [2.45, 2.75) is 25.7 Å². The van der Waals surface area contributed by atoms with Gasteiger partial charge in [-0.05, 0) is 12.8 Å². The van der Waals surface area contributed by atoms with Gasteiger partial charge >= 0.3 is 0 Å². The fraction of sp³-hybridized carbons (Fsp3) is 0.273. The molecule has 3 heteroatoms. The van der Waals surface area contributed by atoms with E-state index in [2.05, 4.69) is 47.4 Å². The molecule has 1 aliphatic rings. The molecule has 0 aliphatic carbocycles. The van der Waals surface area contributed by atoms with Crippen molar-refractivity contribution in [3.8, 4) is 22.6 Å². The Balaban J connectivity index is 1.80. The van der Waals surface area contributed by atoms with E-state index in [0.29, 0.717) is 0 Å². The van der Waals surface area contributed by atoms with Crippen LogP contribution in [0, 0.1) is 0 Å². The van der Waals surface area contributed by atoms with Gasteiger partial charge in [0.2, 0.25) is 0 Å². The molecule has 0 saturated carbocycles. The summed E-state index contributed by atoms with van der Waals surface area (Å²) in [7, 11) is 0. The second-order valence-corrected chi connectivity index (χ2v) is 6.57. The highest BCUT2D eigenvalue weighted by atomic mass is 15.2. The lowest BCUT2D eigenvalue weighted by atomic mass is 10.1. The van der Waals surface area contributed by atoms with E-state index in [9.17, 15) is 0 Å². The Morgan fingerprint density at radius 1 is 0.640 bits per heavy atom. The number of hydrogen-bond acceptors (Lipinski definition) is 3. The highest BCUT2D eigenvalue weighted by molar-refractivity contribution is 5.67. The first-order valence-electron chi connectivity index (χ1n) is 9.15. The number of hydrogen-bond donors (Lipinski definition) is 0. The van der Waals surface area contributed by atoms with Crippen molar-refractivity contribution in [3.63, 3.8) is 0 Å². The second-order valence-electron chi connectivity index (χ2n) is 6.57. The predicted molar refractivity (Wildman–Crippen MR) is 104 cm³/mol. The molecule has 25 heavy (non-hydrogen) atoms. The van der Waals surface area contributed by atoms with Gasteiger partial charge in [0.05, 0.1) is 5.69 Å². The standard InChI is InChI=1S/C22H23N3/c1-2-10-16-25(15-9-1)21-17-20(18-11-5-3-6-12-18)23-22(24-21)19-13-7-4-8-14-19/h3-8,11-14,17H,1-2,9-10,15-16H2. The largest absolute Gasteiger partial charge is 0.356 e. The number of rotatable bonds is 3. The highest BCUT2D eigenvalue weighted by Crippen LogP contribution is 2.27. The Hall–Kier alpha value is -2.68. The topological polar surface area (TPSA) is 29.0 Å². The fourth-order valence-electron chi connectivity index (χ4n) is 3.37. The predicted octanol–water partition coefficient (Wildman–Crippen LogP) is 5.19. The molecule has 0 bridgehead atoms. The number of anilines is 1. The zero-order valence-corrected chi connectivity index (χ0v) is 14.4. The Bertz CT molecular complexity index is 749. The van der Waals surface area contributed by atoms with Crippen molar-refractivity contribution in [3.05, 3.63) is 66.7 Å². The van der Waals surface area contributed by atoms with Gasteiger partial charge in [0.25, 0.3) is 0 Å². The fourth-order valence-corrected chi connectivity index (χ4v) is 3.37. The molecule has 1 saturated heterocycles. The molecule has 0 radical (unpaired) electrons. The minimum Gasteiger partial charge on any atom is -0.356 e. The first-order chi connectivity index (χ1) is 12.4. The van der Waals surface area contributed by atoms with Crippen LogP contribution >= 0.6 is 0 Å². The summed E-state index contributed by atoms with van der Waals surface area (Å²) >= 11 is 0. The Kier molecular flexibility index (Phi) is 4.73. The van der Waals surface area contributed by atoms with Crippen LogP contribution in [0.15, 0.2) is 66.7 Å². The van der Waals surface area contributed by atoms with E-state index in [0.717, 1.165) is 41.6 Å². The minimum absolute atomic E-state index is 0.807. The second kappa shape index (κ2) is 7.47. The number of aromatic nitrogens is 2. The highest BCUT2D eigenvalue weighted by Gasteiger charge is 2.15. The van der Waals surface area contributed by atoms with E-state index in [1.165, 1.54) is 25.7 Å². The molecular weight excluding hydrogens is 306 g/mol. The van der Waals surface area contributed by atoms with Gasteiger partial charge in [0.15, 0.2) is 5.82 Å². The van der Waals surface area contributed by atoms with Crippen molar-refractivity contribution in [2.75, 3.05) is 18.0 Å². The molecule has 3 aromatic rings. The molecule has 4 rings (SSSR count). The van der Waals surface area contributed by atoms with Gasteiger partial charge in [-0.2, -0.15) is 0 Å². The molecule has 0 spiro atoms. The number of benzene rings is 2. The van der Waals surface area contributed by atoms with Gasteiger partial charge in [-0.15, -0.1) is 0 Å². The van der Waals surface area contributed by atoms with Gasteiger partial charge in [0, 0.05) is 30.3 Å². The third-order valence-electron chi connectivity index (χ3n) is 4.74. The van der Waals surface area contributed by atoms with Crippen LogP contribution in [0.25, 0.3) is 22.6 Å². The summed E-state index contributed by atoms with van der Waals surface area (Å²) in [5.74, 6) is 1.86. The Labute approximate surface area is 149 Å². The van der Waals surface area contributed by atoms with Crippen LogP contribution in [-0.2, 0) is 0 Å². The van der Waals surface area contributed by atoms with Crippen molar-refractivity contribution < 1.29 is 0 Å². The van der Waals surface area contributed by atoms with Crippen molar-refractivity contribution in [1.82, 2.24) is 9.97 Å². The van der Waals surface area contributed by atoms with E-state index in [1.807, 2.05) is 24.3 Å². The van der Waals surface area contributed by atoms with Gasteiger partial charge in [0.1, 0.15) is 5.82 Å². The molecule has 0 N–H and O–H groups in total. The van der Waals surface area contributed by atoms with Crippen LogP contribution < -0.4 is 4.90 Å². The minimum atomic E-state index is 0.807. The van der Waals surface area contributed by atoms with Gasteiger partial charge in [-0.3, -0.25) is 0 Å². The first-order valence-corrected chi connectivity index (χ1v) is 9.15. The van der Waals surface area contributed by atoms with Crippen molar-refractivity contribution >= 4 is 5.82 Å². The normalized spacial score (nSPS) is 15.0. The third kappa shape index (κ3) is 3.71. The summed E-state index contributed by atoms with van der Waals surface area (Å²) in [4.78, 5) is 12.2. The lowest BCUT2D eigenvalue weighted by Crippen LogP contribution is -2.25. The molecular formula is C22H23N3. The molecule has 126 valence electrons. The molecule has 2 aromatic carbocycles. The van der Waals surface area contributed by atoms with Gasteiger partial charge in [-0.1, -0.05) is 73.5 Å². The summed E-state index contributed by atoms with van der Waals surface area (Å²) in [6, 6.07) is 22.8. The van der Waals surface area contributed by atoms with Crippen LogP contribution in [-0.4, -0.2) is 23.1 Å². The van der Waals surface area contributed by atoms with E-state index in [1.54, 1.807) is 0 Å². The molecule has 0 atom stereocenters. The summed E-state index contributed by atoms with van der Waals surface area (Å²) in [6.45, 7) is 2.17. The van der Waals surface area contributed by atoms with E-state index in [-0.39, 0.29) is 0 Å². The third-order valence-corrected chi connectivity index (χ3v) is 4.74. The van der Waals surface area contributed by atoms with E-state index >= 15 is 0 Å². The quantitative estimate of drug-likeness (QED) is 0.662. The maximum Gasteiger partial charge on any atom is 0.162 e. The molecule has 3 nitrogen and oxygen atoms in total.